The molecule has 1 heterocycles. The van der Waals surface area contributed by atoms with Gasteiger partial charge in [-0.05, 0) is 30.7 Å². The quantitative estimate of drug-likeness (QED) is 0.918. The van der Waals surface area contributed by atoms with E-state index >= 15 is 0 Å². The number of H-pyrrole nitrogens is 1. The van der Waals surface area contributed by atoms with Crippen molar-refractivity contribution in [2.75, 3.05) is 11.9 Å². The van der Waals surface area contributed by atoms with E-state index in [4.69, 9.17) is 5.26 Å². The molecule has 1 aromatic heterocycles. The van der Waals surface area contributed by atoms with Gasteiger partial charge in [-0.25, -0.2) is 4.98 Å². The highest BCUT2D eigenvalue weighted by molar-refractivity contribution is 6.03. The maximum atomic E-state index is 12.2. The average molecular weight is 269 g/mol. The molecule has 0 saturated carbocycles. The van der Waals surface area contributed by atoms with Crippen LogP contribution in [-0.4, -0.2) is 28.1 Å². The van der Waals surface area contributed by atoms with Crippen molar-refractivity contribution in [3.8, 4) is 6.07 Å². The van der Waals surface area contributed by atoms with E-state index in [2.05, 4.69) is 15.2 Å². The second-order valence-electron chi connectivity index (χ2n) is 4.38. The van der Waals surface area contributed by atoms with Crippen LogP contribution in [0.3, 0.4) is 0 Å². The molecule has 1 N–H and O–H groups in total. The number of aromatic nitrogens is 3. The Hall–Kier alpha value is -2.68. The van der Waals surface area contributed by atoms with Gasteiger partial charge in [0.2, 0.25) is 5.82 Å². The van der Waals surface area contributed by atoms with Gasteiger partial charge in [0.15, 0.2) is 0 Å². The highest BCUT2D eigenvalue weighted by Gasteiger charge is 2.18. The highest BCUT2D eigenvalue weighted by Crippen LogP contribution is 2.15. The van der Waals surface area contributed by atoms with Gasteiger partial charge < -0.3 is 4.90 Å². The van der Waals surface area contributed by atoms with Crippen LogP contribution in [0.15, 0.2) is 24.3 Å². The summed E-state index contributed by atoms with van der Waals surface area (Å²) in [6.07, 6.45) is 1.70. The number of hydrogen-bond donors (Lipinski definition) is 1. The minimum Gasteiger partial charge on any atom is -0.309 e. The number of nitrogens with one attached hydrogen (secondary N) is 1. The SMILES string of the molecule is CCCc1nc(C(=O)N(C)c2ccc(C#N)cc2)n[nH]1. The number of nitrogens with zero attached hydrogens (tertiary/aromatic N) is 4. The number of aromatic amines is 1. The standard InChI is InChI=1S/C14H15N5O/c1-3-4-12-16-13(18-17-12)14(20)19(2)11-7-5-10(9-15)6-8-11/h5-8H,3-4H2,1-2H3,(H,16,17,18). The number of rotatable bonds is 4. The highest BCUT2D eigenvalue weighted by atomic mass is 16.2. The van der Waals surface area contributed by atoms with E-state index < -0.39 is 0 Å². The second kappa shape index (κ2) is 5.97. The van der Waals surface area contributed by atoms with Crippen molar-refractivity contribution in [1.82, 2.24) is 15.2 Å². The lowest BCUT2D eigenvalue weighted by Gasteiger charge is -2.15. The Balaban J connectivity index is 2.16. The van der Waals surface area contributed by atoms with Crippen molar-refractivity contribution in [2.45, 2.75) is 19.8 Å². The number of amides is 1. The van der Waals surface area contributed by atoms with E-state index in [1.807, 2.05) is 13.0 Å². The summed E-state index contributed by atoms with van der Waals surface area (Å²) >= 11 is 0. The Bertz CT molecular complexity index is 638. The monoisotopic (exact) mass is 269 g/mol. The first kappa shape index (κ1) is 13.7. The van der Waals surface area contributed by atoms with Crippen LogP contribution in [0.5, 0.6) is 0 Å². The molecule has 0 aliphatic heterocycles. The van der Waals surface area contributed by atoms with E-state index in [9.17, 15) is 4.79 Å². The predicted octanol–water partition coefficient (Wildman–Crippen LogP) is 1.91. The van der Waals surface area contributed by atoms with Crippen LogP contribution < -0.4 is 4.90 Å². The van der Waals surface area contributed by atoms with Gasteiger partial charge in [0.05, 0.1) is 11.6 Å². The molecule has 0 radical (unpaired) electrons. The van der Waals surface area contributed by atoms with Gasteiger partial charge in [0, 0.05) is 19.2 Å². The molecule has 0 saturated heterocycles. The lowest BCUT2D eigenvalue weighted by Crippen LogP contribution is -2.27. The van der Waals surface area contributed by atoms with Crippen LogP contribution >= 0.6 is 0 Å². The first-order valence-corrected chi connectivity index (χ1v) is 6.35. The Morgan fingerprint density at radius 3 is 2.70 bits per heavy atom. The fraction of sp³-hybridized carbons (Fsp3) is 0.286. The summed E-state index contributed by atoms with van der Waals surface area (Å²) in [6, 6.07) is 8.81. The zero-order valence-electron chi connectivity index (χ0n) is 11.4. The maximum Gasteiger partial charge on any atom is 0.297 e. The smallest absolute Gasteiger partial charge is 0.297 e. The van der Waals surface area contributed by atoms with Crippen molar-refractivity contribution >= 4 is 11.6 Å². The molecular weight excluding hydrogens is 254 g/mol. The zero-order chi connectivity index (χ0) is 14.5. The Morgan fingerprint density at radius 2 is 2.10 bits per heavy atom. The number of anilines is 1. The number of aryl methyl sites for hydroxylation is 1. The molecule has 102 valence electrons. The van der Waals surface area contributed by atoms with Crippen LogP contribution in [0.1, 0.15) is 35.4 Å². The van der Waals surface area contributed by atoms with E-state index in [1.54, 1.807) is 31.3 Å². The molecule has 6 nitrogen and oxygen atoms in total. The topological polar surface area (TPSA) is 85.7 Å². The van der Waals surface area contributed by atoms with Crippen molar-refractivity contribution in [1.29, 1.82) is 5.26 Å². The van der Waals surface area contributed by atoms with Crippen LogP contribution in [0.4, 0.5) is 5.69 Å². The number of carbonyl (C=O) groups excluding carboxylic acids is 1. The third kappa shape index (κ3) is 2.83. The minimum atomic E-state index is -0.284. The van der Waals surface area contributed by atoms with Gasteiger partial charge in [0.25, 0.3) is 5.91 Å². The summed E-state index contributed by atoms with van der Waals surface area (Å²) in [5.74, 6) is 0.581. The van der Waals surface area contributed by atoms with Crippen LogP contribution in [0.2, 0.25) is 0 Å². The van der Waals surface area contributed by atoms with E-state index in [-0.39, 0.29) is 11.7 Å². The molecular formula is C14H15N5O. The van der Waals surface area contributed by atoms with E-state index in [1.165, 1.54) is 4.90 Å². The molecule has 6 heteroatoms. The Morgan fingerprint density at radius 1 is 1.40 bits per heavy atom. The summed E-state index contributed by atoms with van der Waals surface area (Å²) in [5.41, 5.74) is 1.24. The molecule has 0 bridgehead atoms. The van der Waals surface area contributed by atoms with E-state index in [0.29, 0.717) is 17.1 Å². The zero-order valence-corrected chi connectivity index (χ0v) is 11.4. The van der Waals surface area contributed by atoms with Gasteiger partial charge in [-0.3, -0.25) is 9.89 Å². The van der Waals surface area contributed by atoms with E-state index in [0.717, 1.165) is 12.8 Å². The first-order chi connectivity index (χ1) is 9.65. The third-order valence-corrected chi connectivity index (χ3v) is 2.90. The molecule has 0 unspecified atom stereocenters. The average Bonchev–Trinajstić information content (AvgIpc) is 2.95. The normalized spacial score (nSPS) is 10.1. The molecule has 1 aromatic carbocycles. The second-order valence-corrected chi connectivity index (χ2v) is 4.38. The number of hydrogen-bond acceptors (Lipinski definition) is 4. The molecule has 2 aromatic rings. The van der Waals surface area contributed by atoms with Gasteiger partial charge >= 0.3 is 0 Å². The fourth-order valence-corrected chi connectivity index (χ4v) is 1.77. The van der Waals surface area contributed by atoms with Crippen molar-refractivity contribution in [3.63, 3.8) is 0 Å². The Kier molecular flexibility index (Phi) is 4.11. The Labute approximate surface area is 117 Å². The lowest BCUT2D eigenvalue weighted by molar-refractivity contribution is 0.0983. The predicted molar refractivity (Wildman–Crippen MR) is 74.3 cm³/mol. The molecule has 0 spiro atoms. The summed E-state index contributed by atoms with van der Waals surface area (Å²) < 4.78 is 0. The van der Waals surface area contributed by atoms with Gasteiger partial charge in [-0.2, -0.15) is 5.26 Å². The van der Waals surface area contributed by atoms with Crippen LogP contribution in [0, 0.1) is 11.3 Å². The van der Waals surface area contributed by atoms with Crippen molar-refractivity contribution in [3.05, 3.63) is 41.5 Å². The largest absolute Gasteiger partial charge is 0.309 e. The van der Waals surface area contributed by atoms with Crippen LogP contribution in [0.25, 0.3) is 0 Å². The molecule has 0 atom stereocenters. The number of nitriles is 1. The lowest BCUT2D eigenvalue weighted by atomic mass is 10.2. The maximum absolute atomic E-state index is 12.2. The number of benzene rings is 1. The third-order valence-electron chi connectivity index (χ3n) is 2.90. The van der Waals surface area contributed by atoms with Gasteiger partial charge in [-0.1, -0.05) is 6.92 Å². The van der Waals surface area contributed by atoms with Crippen molar-refractivity contribution < 1.29 is 4.79 Å². The summed E-state index contributed by atoms with van der Waals surface area (Å²) in [4.78, 5) is 17.9. The molecule has 0 fully saturated rings. The molecule has 1 amide bonds. The fourth-order valence-electron chi connectivity index (χ4n) is 1.77. The molecule has 20 heavy (non-hydrogen) atoms. The summed E-state index contributed by atoms with van der Waals surface area (Å²) in [5, 5.41) is 15.4. The molecule has 2 rings (SSSR count). The molecule has 0 aliphatic rings. The first-order valence-electron chi connectivity index (χ1n) is 6.35. The number of carbonyl (C=O) groups is 1. The van der Waals surface area contributed by atoms with Crippen molar-refractivity contribution in [2.24, 2.45) is 0 Å². The van der Waals surface area contributed by atoms with Gasteiger partial charge in [0.1, 0.15) is 5.82 Å². The van der Waals surface area contributed by atoms with Gasteiger partial charge in [-0.15, -0.1) is 5.10 Å². The van der Waals surface area contributed by atoms with Crippen LogP contribution in [-0.2, 0) is 6.42 Å². The molecule has 0 aliphatic carbocycles. The summed E-state index contributed by atoms with van der Waals surface area (Å²) in [6.45, 7) is 2.03. The minimum absolute atomic E-state index is 0.153. The summed E-state index contributed by atoms with van der Waals surface area (Å²) in [7, 11) is 1.65.